The molecule has 0 aromatic carbocycles. The number of hydrogen-bond donors (Lipinski definition) is 2. The Balaban J connectivity index is 2.40. The number of carbonyl (C=O) groups excluding carboxylic acids is 1. The average Bonchev–Trinajstić information content (AvgIpc) is 2.36. The Labute approximate surface area is 71.0 Å². The number of carboxylic acid groups (broad SMARTS) is 1. The molecular weight excluding hydrogens is 158 g/mol. The van der Waals surface area contributed by atoms with Gasteiger partial charge in [-0.05, 0) is 18.8 Å². The van der Waals surface area contributed by atoms with Gasteiger partial charge in [-0.15, -0.1) is 0 Å². The summed E-state index contributed by atoms with van der Waals surface area (Å²) in [5.74, 6) is -1.86. The topological polar surface area (TPSA) is 66.4 Å². The molecule has 1 saturated carbocycles. The first kappa shape index (κ1) is 9.03. The molecular formula is C8H13NO3. The zero-order chi connectivity index (χ0) is 9.14. The molecule has 0 spiro atoms. The average molecular weight is 171 g/mol. The van der Waals surface area contributed by atoms with Crippen LogP contribution in [0.15, 0.2) is 0 Å². The van der Waals surface area contributed by atoms with Gasteiger partial charge in [0.2, 0.25) is 0 Å². The van der Waals surface area contributed by atoms with Crippen LogP contribution in [0.25, 0.3) is 0 Å². The number of amides is 1. The lowest BCUT2D eigenvalue weighted by atomic mass is 10.1. The van der Waals surface area contributed by atoms with Crippen molar-refractivity contribution in [2.24, 2.45) is 5.92 Å². The minimum Gasteiger partial charge on any atom is -0.474 e. The zero-order valence-corrected chi connectivity index (χ0v) is 7.04. The van der Waals surface area contributed by atoms with Crippen molar-refractivity contribution in [3.05, 3.63) is 0 Å². The van der Waals surface area contributed by atoms with E-state index in [-0.39, 0.29) is 6.04 Å². The fourth-order valence-electron chi connectivity index (χ4n) is 1.59. The molecule has 1 fully saturated rings. The molecule has 2 atom stereocenters. The van der Waals surface area contributed by atoms with Crippen LogP contribution in [-0.2, 0) is 9.59 Å². The Morgan fingerprint density at radius 2 is 2.08 bits per heavy atom. The van der Waals surface area contributed by atoms with E-state index in [1.165, 1.54) is 0 Å². The minimum absolute atomic E-state index is 0.0635. The van der Waals surface area contributed by atoms with Crippen LogP contribution in [0.4, 0.5) is 0 Å². The molecule has 1 amide bonds. The van der Waals surface area contributed by atoms with E-state index < -0.39 is 11.9 Å². The summed E-state index contributed by atoms with van der Waals surface area (Å²) in [4.78, 5) is 20.9. The van der Waals surface area contributed by atoms with E-state index >= 15 is 0 Å². The second-order valence-electron chi connectivity index (χ2n) is 3.29. The zero-order valence-electron chi connectivity index (χ0n) is 7.04. The van der Waals surface area contributed by atoms with Crippen LogP contribution in [0.2, 0.25) is 0 Å². The molecule has 4 heteroatoms. The van der Waals surface area contributed by atoms with Gasteiger partial charge >= 0.3 is 11.9 Å². The van der Waals surface area contributed by atoms with Gasteiger partial charge in [0.1, 0.15) is 0 Å². The van der Waals surface area contributed by atoms with E-state index in [1.54, 1.807) is 0 Å². The van der Waals surface area contributed by atoms with E-state index in [0.29, 0.717) is 5.92 Å². The van der Waals surface area contributed by atoms with Gasteiger partial charge in [-0.3, -0.25) is 4.79 Å². The summed E-state index contributed by atoms with van der Waals surface area (Å²) in [6.07, 6.45) is 3.05. The highest BCUT2D eigenvalue weighted by Crippen LogP contribution is 2.24. The van der Waals surface area contributed by atoms with E-state index in [2.05, 4.69) is 5.32 Å². The van der Waals surface area contributed by atoms with Gasteiger partial charge in [0, 0.05) is 6.04 Å². The largest absolute Gasteiger partial charge is 0.474 e. The van der Waals surface area contributed by atoms with E-state index in [9.17, 15) is 9.59 Å². The number of nitrogens with one attached hydrogen (secondary N) is 1. The normalized spacial score (nSPS) is 28.4. The van der Waals surface area contributed by atoms with Gasteiger partial charge in [-0.25, -0.2) is 4.79 Å². The Bertz CT molecular complexity index is 202. The number of hydrogen-bond acceptors (Lipinski definition) is 2. The maximum absolute atomic E-state index is 10.7. The number of aliphatic carboxylic acids is 1. The number of carbonyl (C=O) groups is 2. The molecule has 68 valence electrons. The van der Waals surface area contributed by atoms with Crippen molar-refractivity contribution >= 4 is 11.9 Å². The van der Waals surface area contributed by atoms with Crippen molar-refractivity contribution in [1.82, 2.24) is 5.32 Å². The van der Waals surface area contributed by atoms with Gasteiger partial charge in [0.25, 0.3) is 0 Å². The van der Waals surface area contributed by atoms with Crippen LogP contribution in [-0.4, -0.2) is 23.0 Å². The van der Waals surface area contributed by atoms with Crippen molar-refractivity contribution in [2.45, 2.75) is 32.2 Å². The molecule has 0 saturated heterocycles. The SMILES string of the molecule is CC1CCCC1NC(=O)C(=O)O. The molecule has 0 heterocycles. The Morgan fingerprint density at radius 3 is 2.50 bits per heavy atom. The fraction of sp³-hybridized carbons (Fsp3) is 0.750. The van der Waals surface area contributed by atoms with Gasteiger partial charge in [-0.2, -0.15) is 0 Å². The standard InChI is InChI=1S/C8H13NO3/c1-5-3-2-4-6(5)9-7(10)8(11)12/h5-6H,2-4H2,1H3,(H,9,10)(H,11,12). The molecule has 1 aliphatic rings. The first-order chi connectivity index (χ1) is 5.61. The molecule has 0 aromatic heterocycles. The first-order valence-corrected chi connectivity index (χ1v) is 4.15. The maximum atomic E-state index is 10.7. The summed E-state index contributed by atoms with van der Waals surface area (Å²) in [5, 5.41) is 10.8. The minimum atomic E-state index is -1.39. The summed E-state index contributed by atoms with van der Waals surface area (Å²) < 4.78 is 0. The second kappa shape index (κ2) is 3.56. The highest BCUT2D eigenvalue weighted by molar-refractivity contribution is 6.31. The molecule has 0 bridgehead atoms. The molecule has 12 heavy (non-hydrogen) atoms. The van der Waals surface area contributed by atoms with Gasteiger partial charge in [0.15, 0.2) is 0 Å². The summed E-state index contributed by atoms with van der Waals surface area (Å²) >= 11 is 0. The van der Waals surface area contributed by atoms with Crippen LogP contribution < -0.4 is 5.32 Å². The first-order valence-electron chi connectivity index (χ1n) is 4.15. The van der Waals surface area contributed by atoms with Crippen molar-refractivity contribution in [3.63, 3.8) is 0 Å². The van der Waals surface area contributed by atoms with Gasteiger partial charge < -0.3 is 10.4 Å². The molecule has 2 N–H and O–H groups in total. The predicted molar refractivity (Wildman–Crippen MR) is 42.6 cm³/mol. The highest BCUT2D eigenvalue weighted by atomic mass is 16.4. The number of carboxylic acids is 1. The quantitative estimate of drug-likeness (QED) is 0.560. The van der Waals surface area contributed by atoms with Crippen LogP contribution in [0.1, 0.15) is 26.2 Å². The third-order valence-electron chi connectivity index (χ3n) is 2.37. The summed E-state index contributed by atoms with van der Waals surface area (Å²) in [5.41, 5.74) is 0. The van der Waals surface area contributed by atoms with Gasteiger partial charge in [0.05, 0.1) is 0 Å². The second-order valence-corrected chi connectivity index (χ2v) is 3.29. The van der Waals surface area contributed by atoms with E-state index in [4.69, 9.17) is 5.11 Å². The summed E-state index contributed by atoms with van der Waals surface area (Å²) in [6.45, 7) is 2.03. The van der Waals surface area contributed by atoms with Crippen LogP contribution in [0, 0.1) is 5.92 Å². The number of rotatable bonds is 1. The smallest absolute Gasteiger partial charge is 0.394 e. The summed E-state index contributed by atoms with van der Waals surface area (Å²) in [7, 11) is 0. The van der Waals surface area contributed by atoms with Crippen molar-refractivity contribution in [3.8, 4) is 0 Å². The van der Waals surface area contributed by atoms with Crippen LogP contribution in [0.3, 0.4) is 0 Å². The molecule has 0 radical (unpaired) electrons. The molecule has 4 nitrogen and oxygen atoms in total. The van der Waals surface area contributed by atoms with Crippen LogP contribution >= 0.6 is 0 Å². The lowest BCUT2D eigenvalue weighted by molar-refractivity contribution is -0.150. The maximum Gasteiger partial charge on any atom is 0.394 e. The third-order valence-corrected chi connectivity index (χ3v) is 2.37. The van der Waals surface area contributed by atoms with Crippen molar-refractivity contribution < 1.29 is 14.7 Å². The molecule has 1 rings (SSSR count). The molecule has 1 aliphatic carbocycles. The monoisotopic (exact) mass is 171 g/mol. The van der Waals surface area contributed by atoms with Gasteiger partial charge in [-0.1, -0.05) is 13.3 Å². The van der Waals surface area contributed by atoms with Crippen molar-refractivity contribution in [1.29, 1.82) is 0 Å². The fourth-order valence-corrected chi connectivity index (χ4v) is 1.59. The Morgan fingerprint density at radius 1 is 1.42 bits per heavy atom. The third kappa shape index (κ3) is 1.96. The van der Waals surface area contributed by atoms with Crippen LogP contribution in [0.5, 0.6) is 0 Å². The Kier molecular flexibility index (Phi) is 2.68. The predicted octanol–water partition coefficient (Wildman–Crippen LogP) is 0.376. The van der Waals surface area contributed by atoms with E-state index in [1.807, 2.05) is 6.92 Å². The lowest BCUT2D eigenvalue weighted by Crippen LogP contribution is -2.40. The molecule has 0 aliphatic heterocycles. The summed E-state index contributed by atoms with van der Waals surface area (Å²) in [6, 6.07) is 0.0635. The Hall–Kier alpha value is -1.06. The van der Waals surface area contributed by atoms with Crippen molar-refractivity contribution in [2.75, 3.05) is 0 Å². The highest BCUT2D eigenvalue weighted by Gasteiger charge is 2.26. The lowest BCUT2D eigenvalue weighted by Gasteiger charge is -2.15. The van der Waals surface area contributed by atoms with E-state index in [0.717, 1.165) is 19.3 Å². The molecule has 2 unspecified atom stereocenters. The molecule has 0 aromatic rings.